The molecule has 1 N–H and O–H groups in total. The van der Waals surface area contributed by atoms with E-state index in [-0.39, 0.29) is 10.1 Å². The second kappa shape index (κ2) is 5.63. The van der Waals surface area contributed by atoms with Gasteiger partial charge in [0.1, 0.15) is 0 Å². The molecule has 1 aromatic rings. The second-order valence-electron chi connectivity index (χ2n) is 3.70. The molecule has 0 heterocycles. The van der Waals surface area contributed by atoms with E-state index in [2.05, 4.69) is 15.9 Å². The summed E-state index contributed by atoms with van der Waals surface area (Å²) in [6.07, 6.45) is -5.05. The lowest BCUT2D eigenvalue weighted by Crippen LogP contribution is -2.16. The molecule has 0 aliphatic heterocycles. The van der Waals surface area contributed by atoms with E-state index in [0.29, 0.717) is 4.47 Å². The third kappa shape index (κ3) is 4.19. The lowest BCUT2D eigenvalue weighted by Gasteiger charge is -2.18. The topological polar surface area (TPSA) is 20.2 Å². The third-order valence-corrected chi connectivity index (χ3v) is 4.11. The maximum absolute atomic E-state index is 12.8. The number of rotatable bonds is 3. The van der Waals surface area contributed by atoms with Crippen molar-refractivity contribution in [1.82, 2.24) is 0 Å². The van der Waals surface area contributed by atoms with Gasteiger partial charge < -0.3 is 5.11 Å². The molecule has 96 valence electrons. The number of aliphatic hydroxyl groups is 1. The van der Waals surface area contributed by atoms with Crippen molar-refractivity contribution in [3.63, 3.8) is 0 Å². The fourth-order valence-corrected chi connectivity index (χ4v) is 2.53. The molecule has 17 heavy (non-hydrogen) atoms. The predicted octanol–water partition coefficient (Wildman–Crippen LogP) is 4.33. The summed E-state index contributed by atoms with van der Waals surface area (Å²) >= 11 is 4.05. The summed E-state index contributed by atoms with van der Waals surface area (Å²) in [5.74, 6) is 0. The van der Waals surface area contributed by atoms with E-state index in [1.165, 1.54) is 6.07 Å². The van der Waals surface area contributed by atoms with E-state index >= 15 is 0 Å². The van der Waals surface area contributed by atoms with Gasteiger partial charge in [-0.25, -0.2) is 0 Å². The zero-order valence-electron chi connectivity index (χ0n) is 9.25. The summed E-state index contributed by atoms with van der Waals surface area (Å²) in [5.41, 5.74) is -0.677. The zero-order chi connectivity index (χ0) is 13.2. The quantitative estimate of drug-likeness (QED) is 0.833. The molecule has 0 amide bonds. The van der Waals surface area contributed by atoms with Crippen LogP contribution < -0.4 is 0 Å². The molecule has 0 spiro atoms. The Bertz CT molecular complexity index is 393. The van der Waals surface area contributed by atoms with Crippen LogP contribution in [0.15, 0.2) is 27.6 Å². The number of thioether (sulfide) groups is 1. The molecular weight excluding hydrogens is 317 g/mol. The van der Waals surface area contributed by atoms with Crippen molar-refractivity contribution in [3.8, 4) is 0 Å². The summed E-state index contributed by atoms with van der Waals surface area (Å²) in [4.78, 5) is 0.133. The van der Waals surface area contributed by atoms with Crippen molar-refractivity contribution in [2.75, 3.05) is 0 Å². The largest absolute Gasteiger partial charge is 0.417 e. The molecule has 0 aliphatic carbocycles. The molecule has 1 nitrogen and oxygen atoms in total. The van der Waals surface area contributed by atoms with E-state index in [9.17, 15) is 18.3 Å². The van der Waals surface area contributed by atoms with Crippen molar-refractivity contribution in [3.05, 3.63) is 28.2 Å². The van der Waals surface area contributed by atoms with Crippen LogP contribution in [0.2, 0.25) is 0 Å². The van der Waals surface area contributed by atoms with E-state index in [4.69, 9.17) is 0 Å². The first-order chi connectivity index (χ1) is 7.71. The molecule has 2 atom stereocenters. The average molecular weight is 329 g/mol. The van der Waals surface area contributed by atoms with Gasteiger partial charge >= 0.3 is 6.18 Å². The molecule has 0 bridgehead atoms. The van der Waals surface area contributed by atoms with Crippen molar-refractivity contribution >= 4 is 27.7 Å². The number of aliphatic hydroxyl groups excluding tert-OH is 1. The van der Waals surface area contributed by atoms with Crippen molar-refractivity contribution in [1.29, 1.82) is 0 Å². The number of alkyl halides is 3. The fourth-order valence-electron chi connectivity index (χ4n) is 1.13. The highest BCUT2D eigenvalue weighted by Crippen LogP contribution is 2.39. The molecule has 0 aromatic heterocycles. The Kier molecular flexibility index (Phi) is 4.92. The SMILES string of the molecule is CC(O)C(C)Sc1ccc(Br)cc1C(F)(F)F. The Morgan fingerprint density at radius 2 is 1.88 bits per heavy atom. The first-order valence-corrected chi connectivity index (χ1v) is 6.60. The van der Waals surface area contributed by atoms with Gasteiger partial charge in [-0.3, -0.25) is 0 Å². The number of halogens is 4. The lowest BCUT2D eigenvalue weighted by atomic mass is 10.2. The van der Waals surface area contributed by atoms with Crippen LogP contribution in [0.25, 0.3) is 0 Å². The van der Waals surface area contributed by atoms with Crippen LogP contribution in [0.5, 0.6) is 0 Å². The van der Waals surface area contributed by atoms with Gasteiger partial charge in [0.2, 0.25) is 0 Å². The average Bonchev–Trinajstić information content (AvgIpc) is 2.18. The van der Waals surface area contributed by atoms with Crippen LogP contribution in [0.1, 0.15) is 19.4 Å². The summed E-state index contributed by atoms with van der Waals surface area (Å²) in [7, 11) is 0. The molecule has 1 aromatic carbocycles. The van der Waals surface area contributed by atoms with Gasteiger partial charge in [-0.15, -0.1) is 11.8 Å². The number of hydrogen-bond acceptors (Lipinski definition) is 2. The summed E-state index contributed by atoms with van der Waals surface area (Å²) < 4.78 is 38.7. The van der Waals surface area contributed by atoms with Gasteiger partial charge in [0.05, 0.1) is 11.7 Å². The Balaban J connectivity index is 3.07. The third-order valence-electron chi connectivity index (χ3n) is 2.24. The number of benzene rings is 1. The zero-order valence-corrected chi connectivity index (χ0v) is 11.7. The molecule has 6 heteroatoms. The maximum Gasteiger partial charge on any atom is 0.417 e. The van der Waals surface area contributed by atoms with Crippen molar-refractivity contribution in [2.45, 2.75) is 36.3 Å². The maximum atomic E-state index is 12.8. The van der Waals surface area contributed by atoms with Gasteiger partial charge in [0.25, 0.3) is 0 Å². The van der Waals surface area contributed by atoms with Gasteiger partial charge in [0, 0.05) is 14.6 Å². The molecule has 0 saturated heterocycles. The highest BCUT2D eigenvalue weighted by atomic mass is 79.9. The number of hydrogen-bond donors (Lipinski definition) is 1. The van der Waals surface area contributed by atoms with Crippen LogP contribution in [0, 0.1) is 0 Å². The molecule has 0 aliphatic rings. The minimum atomic E-state index is -4.38. The first-order valence-electron chi connectivity index (χ1n) is 4.93. The Labute approximate surface area is 111 Å². The summed E-state index contributed by atoms with van der Waals surface area (Å²) in [5, 5.41) is 9.02. The van der Waals surface area contributed by atoms with Crippen LogP contribution >= 0.6 is 27.7 Å². The van der Waals surface area contributed by atoms with Gasteiger partial charge in [-0.2, -0.15) is 13.2 Å². The monoisotopic (exact) mass is 328 g/mol. The molecule has 0 fully saturated rings. The first kappa shape index (κ1) is 14.9. The van der Waals surface area contributed by atoms with Gasteiger partial charge in [-0.1, -0.05) is 22.9 Å². The van der Waals surface area contributed by atoms with Crippen molar-refractivity contribution < 1.29 is 18.3 Å². The molecule has 1 rings (SSSR count). The highest BCUT2D eigenvalue weighted by molar-refractivity contribution is 9.10. The van der Waals surface area contributed by atoms with Crippen LogP contribution in [0.4, 0.5) is 13.2 Å². The van der Waals surface area contributed by atoms with Crippen LogP contribution in [-0.4, -0.2) is 16.5 Å². The summed E-state index contributed by atoms with van der Waals surface area (Å²) in [6.45, 7) is 3.25. The van der Waals surface area contributed by atoms with Crippen LogP contribution in [0.3, 0.4) is 0 Å². The normalized spacial score (nSPS) is 15.7. The van der Waals surface area contributed by atoms with E-state index < -0.39 is 17.8 Å². The molecule has 2 unspecified atom stereocenters. The van der Waals surface area contributed by atoms with Gasteiger partial charge in [-0.05, 0) is 25.1 Å². The molecular formula is C11H12BrF3OS. The minimum Gasteiger partial charge on any atom is -0.392 e. The van der Waals surface area contributed by atoms with Crippen LogP contribution in [-0.2, 0) is 6.18 Å². The van der Waals surface area contributed by atoms with Crippen molar-refractivity contribution in [2.24, 2.45) is 0 Å². The second-order valence-corrected chi connectivity index (χ2v) is 6.04. The van der Waals surface area contributed by atoms with E-state index in [1.54, 1.807) is 19.9 Å². The Morgan fingerprint density at radius 1 is 1.29 bits per heavy atom. The Morgan fingerprint density at radius 3 is 2.35 bits per heavy atom. The molecule has 0 radical (unpaired) electrons. The van der Waals surface area contributed by atoms with E-state index in [1.807, 2.05) is 0 Å². The Hall–Kier alpha value is -0.200. The highest BCUT2D eigenvalue weighted by Gasteiger charge is 2.34. The van der Waals surface area contributed by atoms with Gasteiger partial charge in [0.15, 0.2) is 0 Å². The fraction of sp³-hybridized carbons (Fsp3) is 0.455. The smallest absolute Gasteiger partial charge is 0.392 e. The lowest BCUT2D eigenvalue weighted by molar-refractivity contribution is -0.139. The van der Waals surface area contributed by atoms with E-state index in [0.717, 1.165) is 17.8 Å². The summed E-state index contributed by atoms with van der Waals surface area (Å²) in [6, 6.07) is 4.03. The predicted molar refractivity (Wildman–Crippen MR) is 66.1 cm³/mol. The minimum absolute atomic E-state index is 0.133. The molecule has 0 saturated carbocycles. The standard InChI is InChI=1S/C11H12BrF3OS/c1-6(16)7(2)17-10-4-3-8(12)5-9(10)11(13,14)15/h3-7,16H,1-2H3.